The van der Waals surface area contributed by atoms with Gasteiger partial charge in [0, 0.05) is 31.5 Å². The van der Waals surface area contributed by atoms with Crippen LogP contribution in [0, 0.1) is 6.92 Å². The quantitative estimate of drug-likeness (QED) is 0.870. The van der Waals surface area contributed by atoms with E-state index in [1.165, 1.54) is 0 Å². The first-order chi connectivity index (χ1) is 12.0. The van der Waals surface area contributed by atoms with Gasteiger partial charge in [-0.2, -0.15) is 0 Å². The third kappa shape index (κ3) is 2.30. The van der Waals surface area contributed by atoms with Crippen molar-refractivity contribution in [1.82, 2.24) is 4.90 Å². The Labute approximate surface area is 147 Å². The smallest absolute Gasteiger partial charge is 0.321 e. The van der Waals surface area contributed by atoms with E-state index in [9.17, 15) is 9.59 Å². The highest BCUT2D eigenvalue weighted by Crippen LogP contribution is 2.46. The van der Waals surface area contributed by atoms with E-state index in [2.05, 4.69) is 5.32 Å². The van der Waals surface area contributed by atoms with Gasteiger partial charge in [0.15, 0.2) is 0 Å². The molecule has 0 aliphatic carbocycles. The molecule has 25 heavy (non-hydrogen) atoms. The molecule has 1 spiro atoms. The molecule has 2 aromatic carbocycles. The Morgan fingerprint density at radius 3 is 2.64 bits per heavy atom. The second kappa shape index (κ2) is 5.62. The SMILES string of the molecule is Cc1ccccc1NC(=O)N1CCC2(C1)C(=O)N(C)c1ccccc12. The fourth-order valence-corrected chi connectivity index (χ4v) is 4.00. The third-order valence-corrected chi connectivity index (χ3v) is 5.44. The van der Waals surface area contributed by atoms with E-state index in [0.717, 1.165) is 22.5 Å². The molecule has 128 valence electrons. The molecule has 1 N–H and O–H groups in total. The molecule has 1 unspecified atom stereocenters. The zero-order valence-corrected chi connectivity index (χ0v) is 14.5. The summed E-state index contributed by atoms with van der Waals surface area (Å²) in [7, 11) is 1.81. The van der Waals surface area contributed by atoms with Crippen LogP contribution < -0.4 is 10.2 Å². The predicted molar refractivity (Wildman–Crippen MR) is 97.9 cm³/mol. The molecule has 2 aliphatic heterocycles. The second-order valence-corrected chi connectivity index (χ2v) is 6.88. The van der Waals surface area contributed by atoms with Crippen LogP contribution in [-0.2, 0) is 10.2 Å². The molecule has 4 rings (SSSR count). The highest BCUT2D eigenvalue weighted by molar-refractivity contribution is 6.08. The van der Waals surface area contributed by atoms with Gasteiger partial charge in [0.1, 0.15) is 0 Å². The number of anilines is 2. The van der Waals surface area contributed by atoms with Crippen molar-refractivity contribution in [3.8, 4) is 0 Å². The van der Waals surface area contributed by atoms with E-state index in [1.807, 2.05) is 62.5 Å². The number of nitrogens with zero attached hydrogens (tertiary/aromatic N) is 2. The largest absolute Gasteiger partial charge is 0.323 e. The number of rotatable bonds is 1. The van der Waals surface area contributed by atoms with Crippen LogP contribution in [0.15, 0.2) is 48.5 Å². The summed E-state index contributed by atoms with van der Waals surface area (Å²) < 4.78 is 0. The molecule has 0 radical (unpaired) electrons. The Kier molecular flexibility index (Phi) is 3.53. The van der Waals surface area contributed by atoms with Gasteiger partial charge in [-0.25, -0.2) is 4.79 Å². The van der Waals surface area contributed by atoms with Crippen LogP contribution in [0.1, 0.15) is 17.5 Å². The summed E-state index contributed by atoms with van der Waals surface area (Å²) >= 11 is 0. The molecule has 1 fully saturated rings. The molecule has 3 amide bonds. The van der Waals surface area contributed by atoms with Crippen LogP contribution in [0.2, 0.25) is 0 Å². The minimum Gasteiger partial charge on any atom is -0.323 e. The number of carbonyl (C=O) groups is 2. The van der Waals surface area contributed by atoms with E-state index < -0.39 is 5.41 Å². The Morgan fingerprint density at radius 2 is 1.84 bits per heavy atom. The molecule has 0 bridgehead atoms. The summed E-state index contributed by atoms with van der Waals surface area (Å²) in [6.07, 6.45) is 0.661. The van der Waals surface area contributed by atoms with Gasteiger partial charge in [-0.05, 0) is 36.6 Å². The molecule has 2 heterocycles. The van der Waals surface area contributed by atoms with Crippen molar-refractivity contribution < 1.29 is 9.59 Å². The second-order valence-electron chi connectivity index (χ2n) is 6.88. The van der Waals surface area contributed by atoms with Crippen LogP contribution >= 0.6 is 0 Å². The maximum absolute atomic E-state index is 12.9. The average Bonchev–Trinajstić information content (AvgIpc) is 3.16. The van der Waals surface area contributed by atoms with E-state index in [4.69, 9.17) is 0 Å². The molecule has 2 aromatic rings. The third-order valence-electron chi connectivity index (χ3n) is 5.44. The summed E-state index contributed by atoms with van der Waals surface area (Å²) in [5.74, 6) is 0.0832. The standard InChI is InChI=1S/C20H21N3O2/c1-14-7-3-5-9-16(14)21-19(25)23-12-11-20(13-23)15-8-4-6-10-17(15)22(2)18(20)24/h3-10H,11-13H2,1-2H3,(H,21,25). The van der Waals surface area contributed by atoms with Gasteiger partial charge in [-0.1, -0.05) is 36.4 Å². The van der Waals surface area contributed by atoms with Crippen LogP contribution in [0.3, 0.4) is 0 Å². The predicted octanol–water partition coefficient (Wildman–Crippen LogP) is 3.15. The number of urea groups is 1. The lowest BCUT2D eigenvalue weighted by atomic mass is 9.81. The Balaban J connectivity index is 1.58. The van der Waals surface area contributed by atoms with E-state index in [0.29, 0.717) is 19.5 Å². The van der Waals surface area contributed by atoms with Gasteiger partial charge in [0.05, 0.1) is 5.41 Å². The van der Waals surface area contributed by atoms with Crippen molar-refractivity contribution in [3.05, 3.63) is 59.7 Å². The number of hydrogen-bond acceptors (Lipinski definition) is 2. The molecule has 5 nitrogen and oxygen atoms in total. The average molecular weight is 335 g/mol. The maximum Gasteiger partial charge on any atom is 0.321 e. The maximum atomic E-state index is 12.9. The summed E-state index contributed by atoms with van der Waals surface area (Å²) in [6.45, 7) is 2.96. The normalized spacial score (nSPS) is 21.8. The van der Waals surface area contributed by atoms with E-state index in [-0.39, 0.29) is 11.9 Å². The number of nitrogens with one attached hydrogen (secondary N) is 1. The number of likely N-dealkylation sites (tertiary alicyclic amines) is 1. The van der Waals surface area contributed by atoms with Crippen molar-refractivity contribution in [2.75, 3.05) is 30.4 Å². The van der Waals surface area contributed by atoms with E-state index >= 15 is 0 Å². The lowest BCUT2D eigenvalue weighted by Gasteiger charge is -2.24. The molecule has 5 heteroatoms. The van der Waals surface area contributed by atoms with Crippen molar-refractivity contribution in [1.29, 1.82) is 0 Å². The van der Waals surface area contributed by atoms with Gasteiger partial charge in [-0.15, -0.1) is 0 Å². The van der Waals surface area contributed by atoms with Gasteiger partial charge >= 0.3 is 6.03 Å². The summed E-state index contributed by atoms with van der Waals surface area (Å²) in [5, 5.41) is 2.97. The zero-order valence-electron chi connectivity index (χ0n) is 14.5. The van der Waals surface area contributed by atoms with Crippen LogP contribution in [0.4, 0.5) is 16.2 Å². The lowest BCUT2D eigenvalue weighted by Crippen LogP contribution is -2.43. The monoisotopic (exact) mass is 335 g/mol. The molecular formula is C20H21N3O2. The first-order valence-corrected chi connectivity index (χ1v) is 8.52. The number of para-hydroxylation sites is 2. The fourth-order valence-electron chi connectivity index (χ4n) is 4.00. The Morgan fingerprint density at radius 1 is 1.12 bits per heavy atom. The molecule has 1 atom stereocenters. The molecule has 1 saturated heterocycles. The van der Waals surface area contributed by atoms with Crippen LogP contribution in [-0.4, -0.2) is 37.0 Å². The van der Waals surface area contributed by atoms with Gasteiger partial charge in [0.25, 0.3) is 0 Å². The van der Waals surface area contributed by atoms with E-state index in [1.54, 1.807) is 9.80 Å². The van der Waals surface area contributed by atoms with Gasteiger partial charge in [-0.3, -0.25) is 4.79 Å². The number of likely N-dealkylation sites (N-methyl/N-ethyl adjacent to an activating group) is 1. The summed E-state index contributed by atoms with van der Waals surface area (Å²) in [4.78, 5) is 29.1. The Bertz CT molecular complexity index is 864. The molecular weight excluding hydrogens is 314 g/mol. The first-order valence-electron chi connectivity index (χ1n) is 8.52. The van der Waals surface area contributed by atoms with Crippen molar-refractivity contribution in [3.63, 3.8) is 0 Å². The molecule has 0 aromatic heterocycles. The highest BCUT2D eigenvalue weighted by atomic mass is 16.2. The van der Waals surface area contributed by atoms with Crippen LogP contribution in [0.25, 0.3) is 0 Å². The number of aryl methyl sites for hydroxylation is 1. The van der Waals surface area contributed by atoms with Crippen molar-refractivity contribution >= 4 is 23.3 Å². The van der Waals surface area contributed by atoms with Crippen molar-refractivity contribution in [2.24, 2.45) is 0 Å². The number of benzene rings is 2. The lowest BCUT2D eigenvalue weighted by molar-refractivity contribution is -0.122. The van der Waals surface area contributed by atoms with Crippen LogP contribution in [0.5, 0.6) is 0 Å². The molecule has 2 aliphatic rings. The summed E-state index contributed by atoms with van der Waals surface area (Å²) in [6, 6.07) is 15.4. The fraction of sp³-hybridized carbons (Fsp3) is 0.300. The van der Waals surface area contributed by atoms with Gasteiger partial charge < -0.3 is 15.1 Å². The minimum absolute atomic E-state index is 0.0832. The minimum atomic E-state index is -0.603. The topological polar surface area (TPSA) is 52.7 Å². The van der Waals surface area contributed by atoms with Gasteiger partial charge in [0.2, 0.25) is 5.91 Å². The zero-order chi connectivity index (χ0) is 17.6. The highest BCUT2D eigenvalue weighted by Gasteiger charge is 2.54. The van der Waals surface area contributed by atoms with Crippen molar-refractivity contribution in [2.45, 2.75) is 18.8 Å². The number of carbonyl (C=O) groups excluding carboxylic acids is 2. The summed E-state index contributed by atoms with van der Waals surface area (Å²) in [5.41, 5.74) is 3.21. The number of hydrogen-bond donors (Lipinski definition) is 1. The Hall–Kier alpha value is -2.82. The number of amides is 3. The molecule has 0 saturated carbocycles. The first kappa shape index (κ1) is 15.7. The number of fused-ring (bicyclic) bond motifs is 2.